The van der Waals surface area contributed by atoms with Crippen LogP contribution in [0.3, 0.4) is 0 Å². The molecule has 0 saturated heterocycles. The first-order valence-electron chi connectivity index (χ1n) is 8.17. The maximum absolute atomic E-state index is 12.0. The third-order valence-corrected chi connectivity index (χ3v) is 4.56. The lowest BCUT2D eigenvalue weighted by Gasteiger charge is -2.07. The second kappa shape index (κ2) is 9.35. The smallest absolute Gasteiger partial charge is 0.271 e. The third kappa shape index (κ3) is 5.67. The quantitative estimate of drug-likeness (QED) is 0.407. The Morgan fingerprint density at radius 3 is 2.59 bits per heavy atom. The highest BCUT2D eigenvalue weighted by molar-refractivity contribution is 9.10. The van der Waals surface area contributed by atoms with Crippen molar-refractivity contribution in [1.82, 2.24) is 5.43 Å². The first-order chi connectivity index (χ1) is 13.1. The number of hydrogen-bond donors (Lipinski definition) is 1. The Morgan fingerprint density at radius 1 is 1.07 bits per heavy atom. The van der Waals surface area contributed by atoms with Crippen LogP contribution in [0.25, 0.3) is 0 Å². The van der Waals surface area contributed by atoms with Gasteiger partial charge in [-0.1, -0.05) is 51.8 Å². The number of carbonyl (C=O) groups excluding carboxylic acids is 1. The minimum absolute atomic E-state index is 0.271. The highest BCUT2D eigenvalue weighted by atomic mass is 79.9. The number of hydrazone groups is 1. The average molecular weight is 444 g/mol. The van der Waals surface area contributed by atoms with Crippen LogP contribution in [-0.4, -0.2) is 12.1 Å². The van der Waals surface area contributed by atoms with Crippen LogP contribution >= 0.6 is 27.5 Å². The Hall–Kier alpha value is -2.63. The van der Waals surface area contributed by atoms with Crippen molar-refractivity contribution in [2.45, 2.75) is 6.61 Å². The number of carbonyl (C=O) groups is 1. The van der Waals surface area contributed by atoms with E-state index >= 15 is 0 Å². The normalized spacial score (nSPS) is 10.7. The van der Waals surface area contributed by atoms with E-state index in [9.17, 15) is 4.79 Å². The lowest BCUT2D eigenvalue weighted by Crippen LogP contribution is -2.17. The van der Waals surface area contributed by atoms with Crippen LogP contribution in [0.2, 0.25) is 5.02 Å². The summed E-state index contributed by atoms with van der Waals surface area (Å²) in [5.74, 6) is 0.456. The van der Waals surface area contributed by atoms with Crippen molar-refractivity contribution < 1.29 is 9.53 Å². The predicted molar refractivity (Wildman–Crippen MR) is 111 cm³/mol. The van der Waals surface area contributed by atoms with Crippen molar-refractivity contribution in [3.05, 3.63) is 99.0 Å². The number of nitrogens with zero attached hydrogens (tertiary/aromatic N) is 1. The van der Waals surface area contributed by atoms with Crippen molar-refractivity contribution in [1.29, 1.82) is 0 Å². The lowest BCUT2D eigenvalue weighted by atomic mass is 10.2. The van der Waals surface area contributed by atoms with Gasteiger partial charge in [0.1, 0.15) is 12.4 Å². The van der Waals surface area contributed by atoms with Crippen LogP contribution in [0.1, 0.15) is 21.5 Å². The molecule has 0 aromatic heterocycles. The number of amides is 1. The van der Waals surface area contributed by atoms with Gasteiger partial charge in [0.2, 0.25) is 0 Å². The maximum atomic E-state index is 12.0. The molecule has 3 aromatic rings. The fourth-order valence-electron chi connectivity index (χ4n) is 2.29. The molecule has 27 heavy (non-hydrogen) atoms. The topological polar surface area (TPSA) is 50.7 Å². The predicted octanol–water partition coefficient (Wildman–Crippen LogP) is 5.45. The van der Waals surface area contributed by atoms with Gasteiger partial charge in [0.25, 0.3) is 5.91 Å². The summed E-state index contributed by atoms with van der Waals surface area (Å²) in [6, 6.07) is 22.1. The van der Waals surface area contributed by atoms with Crippen molar-refractivity contribution >= 4 is 39.7 Å². The Bertz CT molecular complexity index is 958. The molecule has 136 valence electrons. The van der Waals surface area contributed by atoms with E-state index in [1.54, 1.807) is 24.4 Å². The van der Waals surface area contributed by atoms with E-state index in [2.05, 4.69) is 26.5 Å². The molecule has 4 nitrogen and oxygen atoms in total. The van der Waals surface area contributed by atoms with E-state index in [0.717, 1.165) is 21.3 Å². The zero-order chi connectivity index (χ0) is 19.1. The summed E-state index contributed by atoms with van der Waals surface area (Å²) in [5, 5.41) is 4.67. The summed E-state index contributed by atoms with van der Waals surface area (Å²) in [7, 11) is 0. The third-order valence-electron chi connectivity index (χ3n) is 3.70. The van der Waals surface area contributed by atoms with E-state index in [4.69, 9.17) is 16.3 Å². The van der Waals surface area contributed by atoms with E-state index in [1.165, 1.54) is 0 Å². The number of ether oxygens (including phenoxy) is 1. The van der Waals surface area contributed by atoms with Crippen LogP contribution in [0.5, 0.6) is 5.75 Å². The van der Waals surface area contributed by atoms with E-state index < -0.39 is 0 Å². The minimum Gasteiger partial charge on any atom is -0.489 e. The van der Waals surface area contributed by atoms with Crippen LogP contribution in [0.15, 0.2) is 82.4 Å². The summed E-state index contributed by atoms with van der Waals surface area (Å²) in [6.45, 7) is 0.399. The SMILES string of the molecule is O=C(N/N=C\c1ccc(OCc2ccccc2Cl)cc1)c1cccc(Br)c1. The summed E-state index contributed by atoms with van der Waals surface area (Å²) < 4.78 is 6.58. The van der Waals surface area contributed by atoms with Gasteiger partial charge in [0.05, 0.1) is 6.21 Å². The van der Waals surface area contributed by atoms with Gasteiger partial charge in [0, 0.05) is 20.6 Å². The first kappa shape index (κ1) is 19.1. The van der Waals surface area contributed by atoms with Crippen molar-refractivity contribution in [3.63, 3.8) is 0 Å². The number of benzene rings is 3. The number of hydrogen-bond acceptors (Lipinski definition) is 3. The molecule has 1 amide bonds. The summed E-state index contributed by atoms with van der Waals surface area (Å²) >= 11 is 9.45. The Kier molecular flexibility index (Phi) is 6.63. The Morgan fingerprint density at radius 2 is 1.85 bits per heavy atom. The molecule has 0 fully saturated rings. The highest BCUT2D eigenvalue weighted by Gasteiger charge is 2.04. The van der Waals surface area contributed by atoms with Crippen molar-refractivity contribution in [2.75, 3.05) is 0 Å². The maximum Gasteiger partial charge on any atom is 0.271 e. The van der Waals surface area contributed by atoms with Crippen LogP contribution < -0.4 is 10.2 Å². The van der Waals surface area contributed by atoms with E-state index in [-0.39, 0.29) is 5.91 Å². The molecular formula is C21H16BrClN2O2. The minimum atomic E-state index is -0.271. The molecule has 0 spiro atoms. The molecule has 6 heteroatoms. The molecule has 0 aliphatic heterocycles. The molecular weight excluding hydrogens is 428 g/mol. The largest absolute Gasteiger partial charge is 0.489 e. The Balaban J connectivity index is 1.53. The first-order valence-corrected chi connectivity index (χ1v) is 9.34. The molecule has 0 aliphatic rings. The summed E-state index contributed by atoms with van der Waals surface area (Å²) in [6.07, 6.45) is 1.58. The molecule has 0 saturated carbocycles. The van der Waals surface area contributed by atoms with E-state index in [1.807, 2.05) is 54.6 Å². The van der Waals surface area contributed by atoms with Gasteiger partial charge in [-0.05, 0) is 54.1 Å². The monoisotopic (exact) mass is 442 g/mol. The number of nitrogens with one attached hydrogen (secondary N) is 1. The second-order valence-electron chi connectivity index (χ2n) is 5.66. The van der Waals surface area contributed by atoms with Gasteiger partial charge in [-0.15, -0.1) is 0 Å². The fourth-order valence-corrected chi connectivity index (χ4v) is 2.88. The number of halogens is 2. The summed E-state index contributed by atoms with van der Waals surface area (Å²) in [4.78, 5) is 12.0. The molecule has 3 rings (SSSR count). The van der Waals surface area contributed by atoms with Gasteiger partial charge < -0.3 is 4.74 Å². The second-order valence-corrected chi connectivity index (χ2v) is 6.98. The fraction of sp³-hybridized carbons (Fsp3) is 0.0476. The molecule has 3 aromatic carbocycles. The zero-order valence-electron chi connectivity index (χ0n) is 14.2. The van der Waals surface area contributed by atoms with Crippen LogP contribution in [-0.2, 0) is 6.61 Å². The zero-order valence-corrected chi connectivity index (χ0v) is 16.6. The van der Waals surface area contributed by atoms with Gasteiger partial charge in [-0.3, -0.25) is 4.79 Å². The molecule has 0 aliphatic carbocycles. The highest BCUT2D eigenvalue weighted by Crippen LogP contribution is 2.18. The average Bonchev–Trinajstić information content (AvgIpc) is 2.68. The summed E-state index contributed by atoms with van der Waals surface area (Å²) in [5.41, 5.74) is 4.81. The van der Waals surface area contributed by atoms with E-state index in [0.29, 0.717) is 17.2 Å². The molecule has 1 N–H and O–H groups in total. The van der Waals surface area contributed by atoms with Crippen molar-refractivity contribution in [2.24, 2.45) is 5.10 Å². The van der Waals surface area contributed by atoms with Crippen LogP contribution in [0, 0.1) is 0 Å². The molecule has 0 atom stereocenters. The van der Waals surface area contributed by atoms with Gasteiger partial charge in [-0.25, -0.2) is 5.43 Å². The molecule has 0 unspecified atom stereocenters. The van der Waals surface area contributed by atoms with Crippen LogP contribution in [0.4, 0.5) is 0 Å². The van der Waals surface area contributed by atoms with Gasteiger partial charge in [0.15, 0.2) is 0 Å². The van der Waals surface area contributed by atoms with Gasteiger partial charge in [-0.2, -0.15) is 5.10 Å². The lowest BCUT2D eigenvalue weighted by molar-refractivity contribution is 0.0955. The Labute approximate surface area is 171 Å². The molecule has 0 heterocycles. The molecule has 0 radical (unpaired) electrons. The van der Waals surface area contributed by atoms with Crippen molar-refractivity contribution in [3.8, 4) is 5.75 Å². The standard InChI is InChI=1S/C21H16BrClN2O2/c22-18-6-3-5-16(12-18)21(26)25-24-13-15-8-10-19(11-9-15)27-14-17-4-1-2-7-20(17)23/h1-13H,14H2,(H,25,26)/b24-13-. The van der Waals surface area contributed by atoms with Gasteiger partial charge >= 0.3 is 0 Å². The number of rotatable bonds is 6. The molecule has 0 bridgehead atoms.